The van der Waals surface area contributed by atoms with Crippen LogP contribution in [0.25, 0.3) is 10.4 Å². The van der Waals surface area contributed by atoms with Crippen LogP contribution in [-0.2, 0) is 19.4 Å². The maximum atomic E-state index is 12.4. The van der Waals surface area contributed by atoms with Crippen LogP contribution < -0.4 is 4.74 Å². The standard InChI is InChI=1S/C17H15N3O6S/c18-20-19-17(23)16(22)12(10-21)11-27(24,25)15-8-6-14(7-9-15)26-13-4-2-1-3-5-13/h1-9,12,21H,10-11H2. The first-order valence-electron chi connectivity index (χ1n) is 7.67. The zero-order valence-electron chi connectivity index (χ0n) is 13.9. The second-order valence-corrected chi connectivity index (χ2v) is 7.44. The van der Waals surface area contributed by atoms with Crippen LogP contribution in [0.1, 0.15) is 0 Å². The Kier molecular flexibility index (Phi) is 6.67. The van der Waals surface area contributed by atoms with Crippen molar-refractivity contribution in [2.24, 2.45) is 11.0 Å². The minimum Gasteiger partial charge on any atom is -0.457 e. The number of ketones is 1. The number of hydrogen-bond acceptors (Lipinski definition) is 6. The van der Waals surface area contributed by atoms with Gasteiger partial charge < -0.3 is 9.84 Å². The highest BCUT2D eigenvalue weighted by Gasteiger charge is 2.30. The lowest BCUT2D eigenvalue weighted by atomic mass is 10.1. The van der Waals surface area contributed by atoms with Crippen LogP contribution in [0.2, 0.25) is 0 Å². The molecule has 0 aliphatic heterocycles. The summed E-state index contributed by atoms with van der Waals surface area (Å²) in [4.78, 5) is 25.1. The van der Waals surface area contributed by atoms with E-state index >= 15 is 0 Å². The summed E-state index contributed by atoms with van der Waals surface area (Å²) in [5.74, 6) is -4.04. The lowest BCUT2D eigenvalue weighted by Gasteiger charge is -2.12. The van der Waals surface area contributed by atoms with E-state index in [9.17, 15) is 23.1 Å². The predicted octanol–water partition coefficient (Wildman–Crippen LogP) is 2.27. The number of hydrogen-bond donors (Lipinski definition) is 1. The molecule has 1 N–H and O–H groups in total. The van der Waals surface area contributed by atoms with Crippen molar-refractivity contribution in [1.82, 2.24) is 0 Å². The molecule has 0 bridgehead atoms. The van der Waals surface area contributed by atoms with Crippen molar-refractivity contribution in [3.05, 3.63) is 65.0 Å². The molecule has 0 aliphatic carbocycles. The predicted molar refractivity (Wildman–Crippen MR) is 94.7 cm³/mol. The molecule has 0 radical (unpaired) electrons. The van der Waals surface area contributed by atoms with E-state index in [1.807, 2.05) is 6.07 Å². The zero-order chi connectivity index (χ0) is 19.9. The number of para-hydroxylation sites is 1. The second-order valence-electron chi connectivity index (χ2n) is 5.41. The molecular formula is C17H15N3O6S. The zero-order valence-corrected chi connectivity index (χ0v) is 14.7. The van der Waals surface area contributed by atoms with Gasteiger partial charge in [-0.15, -0.1) is 0 Å². The van der Waals surface area contributed by atoms with Gasteiger partial charge in [0.25, 0.3) is 5.91 Å². The van der Waals surface area contributed by atoms with E-state index in [0.29, 0.717) is 11.5 Å². The summed E-state index contributed by atoms with van der Waals surface area (Å²) >= 11 is 0. The Morgan fingerprint density at radius 3 is 2.22 bits per heavy atom. The third-order valence-electron chi connectivity index (χ3n) is 3.52. The topological polar surface area (TPSA) is 146 Å². The number of aliphatic hydroxyl groups is 1. The molecule has 2 aromatic carbocycles. The van der Waals surface area contributed by atoms with Gasteiger partial charge in [0.2, 0.25) is 5.78 Å². The Morgan fingerprint density at radius 2 is 1.67 bits per heavy atom. The maximum absolute atomic E-state index is 12.4. The van der Waals surface area contributed by atoms with Gasteiger partial charge in [0, 0.05) is 4.91 Å². The van der Waals surface area contributed by atoms with Crippen LogP contribution in [0.5, 0.6) is 11.5 Å². The smallest absolute Gasteiger partial charge is 0.285 e. The van der Waals surface area contributed by atoms with Crippen LogP contribution in [-0.4, -0.2) is 37.6 Å². The van der Waals surface area contributed by atoms with Crippen LogP contribution in [0.15, 0.2) is 64.6 Å². The number of rotatable bonds is 8. The van der Waals surface area contributed by atoms with Crippen LogP contribution in [0.4, 0.5) is 0 Å². The third-order valence-corrected chi connectivity index (χ3v) is 5.35. The van der Waals surface area contributed by atoms with E-state index in [1.54, 1.807) is 24.3 Å². The summed E-state index contributed by atoms with van der Waals surface area (Å²) in [6.45, 7) is -0.875. The average Bonchev–Trinajstić information content (AvgIpc) is 2.67. The number of amides is 1. The van der Waals surface area contributed by atoms with Gasteiger partial charge in [-0.05, 0) is 47.0 Å². The fourth-order valence-electron chi connectivity index (χ4n) is 2.18. The molecule has 1 amide bonds. The second kappa shape index (κ2) is 8.95. The van der Waals surface area contributed by atoms with Gasteiger partial charge in [0.05, 0.1) is 23.2 Å². The van der Waals surface area contributed by atoms with Crippen molar-refractivity contribution in [3.8, 4) is 11.5 Å². The molecular weight excluding hydrogens is 374 g/mol. The molecule has 0 aliphatic rings. The normalized spacial score (nSPS) is 11.9. The van der Waals surface area contributed by atoms with Gasteiger partial charge in [-0.3, -0.25) is 9.59 Å². The largest absolute Gasteiger partial charge is 0.457 e. The molecule has 10 heteroatoms. The van der Waals surface area contributed by atoms with Gasteiger partial charge >= 0.3 is 0 Å². The summed E-state index contributed by atoms with van der Waals surface area (Å²) < 4.78 is 30.4. The molecule has 0 heterocycles. The van der Waals surface area contributed by atoms with E-state index in [4.69, 9.17) is 10.3 Å². The number of benzene rings is 2. The first kappa shape index (κ1) is 20.1. The lowest BCUT2D eigenvalue weighted by Crippen LogP contribution is -2.31. The molecule has 0 saturated carbocycles. The molecule has 0 saturated heterocycles. The number of carbonyl (C=O) groups excluding carboxylic acids is 2. The van der Waals surface area contributed by atoms with Crippen LogP contribution in [0.3, 0.4) is 0 Å². The van der Waals surface area contributed by atoms with E-state index in [1.165, 1.54) is 24.3 Å². The highest BCUT2D eigenvalue weighted by Crippen LogP contribution is 2.23. The number of aliphatic hydroxyl groups excluding tert-OH is 1. The van der Waals surface area contributed by atoms with Crippen molar-refractivity contribution >= 4 is 21.5 Å². The van der Waals surface area contributed by atoms with Crippen molar-refractivity contribution in [2.75, 3.05) is 12.4 Å². The number of azide groups is 1. The van der Waals surface area contributed by atoms with Crippen molar-refractivity contribution in [3.63, 3.8) is 0 Å². The highest BCUT2D eigenvalue weighted by atomic mass is 32.2. The molecule has 140 valence electrons. The number of sulfone groups is 1. The monoisotopic (exact) mass is 389 g/mol. The molecule has 0 fully saturated rings. The van der Waals surface area contributed by atoms with Crippen molar-refractivity contribution in [2.45, 2.75) is 4.90 Å². The van der Waals surface area contributed by atoms with E-state index in [0.717, 1.165) is 0 Å². The van der Waals surface area contributed by atoms with Gasteiger partial charge in [-0.2, -0.15) is 0 Å². The van der Waals surface area contributed by atoms with E-state index in [2.05, 4.69) is 10.0 Å². The van der Waals surface area contributed by atoms with Gasteiger partial charge in [0.15, 0.2) is 9.84 Å². The summed E-state index contributed by atoms with van der Waals surface area (Å²) in [5, 5.41) is 11.9. The van der Waals surface area contributed by atoms with Crippen molar-refractivity contribution < 1.29 is 27.9 Å². The third kappa shape index (κ3) is 5.38. The quantitative estimate of drug-likeness (QED) is 0.317. The summed E-state index contributed by atoms with van der Waals surface area (Å²) in [6, 6.07) is 14.4. The Labute approximate surface area is 154 Å². The summed E-state index contributed by atoms with van der Waals surface area (Å²) in [6.07, 6.45) is 0. The molecule has 0 aromatic heterocycles. The summed E-state index contributed by atoms with van der Waals surface area (Å²) in [7, 11) is -3.98. The molecule has 27 heavy (non-hydrogen) atoms. The Balaban J connectivity index is 2.14. The van der Waals surface area contributed by atoms with E-state index in [-0.39, 0.29) is 4.90 Å². The molecule has 9 nitrogen and oxygen atoms in total. The number of ether oxygens (including phenoxy) is 1. The first-order valence-corrected chi connectivity index (χ1v) is 9.32. The first-order chi connectivity index (χ1) is 12.9. The maximum Gasteiger partial charge on any atom is 0.285 e. The van der Waals surface area contributed by atoms with E-state index < -0.39 is 39.8 Å². The lowest BCUT2D eigenvalue weighted by molar-refractivity contribution is -0.138. The SMILES string of the molecule is [N-]=[N+]=NC(=O)C(=O)C(CO)CS(=O)(=O)c1ccc(Oc2ccccc2)cc1. The molecule has 0 spiro atoms. The Bertz CT molecular complexity index is 967. The minimum atomic E-state index is -3.98. The Hall–Kier alpha value is -3.20. The summed E-state index contributed by atoms with van der Waals surface area (Å²) in [5.41, 5.74) is 8.18. The van der Waals surface area contributed by atoms with Crippen LogP contribution >= 0.6 is 0 Å². The minimum absolute atomic E-state index is 0.106. The van der Waals surface area contributed by atoms with Crippen molar-refractivity contribution in [1.29, 1.82) is 0 Å². The fraction of sp³-hybridized carbons (Fsp3) is 0.176. The fourth-order valence-corrected chi connectivity index (χ4v) is 3.71. The van der Waals surface area contributed by atoms with Gasteiger partial charge in [-0.25, -0.2) is 8.42 Å². The van der Waals surface area contributed by atoms with Gasteiger partial charge in [0.1, 0.15) is 11.5 Å². The van der Waals surface area contributed by atoms with Gasteiger partial charge in [-0.1, -0.05) is 18.2 Å². The average molecular weight is 389 g/mol. The number of Topliss-reactive ketones (excluding diaryl/α,β-unsaturated/α-hetero) is 1. The number of carbonyl (C=O) groups is 2. The molecule has 2 rings (SSSR count). The molecule has 2 aromatic rings. The molecule has 1 unspecified atom stereocenters. The number of nitrogens with zero attached hydrogens (tertiary/aromatic N) is 3. The molecule has 1 atom stereocenters. The Morgan fingerprint density at radius 1 is 1.07 bits per heavy atom. The van der Waals surface area contributed by atoms with Crippen LogP contribution in [0, 0.1) is 5.92 Å². The highest BCUT2D eigenvalue weighted by molar-refractivity contribution is 7.91.